The molecule has 84 valence electrons. The van der Waals surface area contributed by atoms with Gasteiger partial charge in [-0.1, -0.05) is 0 Å². The van der Waals surface area contributed by atoms with Crippen molar-refractivity contribution in [3.05, 3.63) is 41.6 Å². The summed E-state index contributed by atoms with van der Waals surface area (Å²) in [5.74, 6) is -0.964. The molecule has 0 aliphatic rings. The number of halogens is 2. The van der Waals surface area contributed by atoms with Crippen LogP contribution in [-0.4, -0.2) is 16.7 Å². The highest BCUT2D eigenvalue weighted by atomic mass is 19.1. The average molecular weight is 223 g/mol. The number of nitrogens with one attached hydrogen (secondary N) is 1. The van der Waals surface area contributed by atoms with Gasteiger partial charge in [-0.15, -0.1) is 0 Å². The number of aromatic nitrogens is 2. The summed E-state index contributed by atoms with van der Waals surface area (Å²) in [7, 11) is 0. The first-order chi connectivity index (χ1) is 7.72. The van der Waals surface area contributed by atoms with Gasteiger partial charge in [-0.05, 0) is 36.7 Å². The molecule has 0 saturated carbocycles. The molecule has 0 amide bonds. The minimum absolute atomic E-state index is 0.181. The van der Waals surface area contributed by atoms with Gasteiger partial charge >= 0.3 is 0 Å². The molecular weight excluding hydrogens is 212 g/mol. The Labute approximate surface area is 91.3 Å². The molecule has 2 rings (SSSR count). The fourth-order valence-electron chi connectivity index (χ4n) is 1.58. The summed E-state index contributed by atoms with van der Waals surface area (Å²) in [6.45, 7) is 0.434. The molecule has 0 unspecified atom stereocenters. The van der Waals surface area contributed by atoms with Crippen LogP contribution in [0.25, 0.3) is 11.3 Å². The molecule has 0 fully saturated rings. The van der Waals surface area contributed by atoms with Gasteiger partial charge in [0.25, 0.3) is 0 Å². The maximum absolute atomic E-state index is 13.5. The molecule has 1 heterocycles. The summed E-state index contributed by atoms with van der Waals surface area (Å²) in [6.07, 6.45) is 2.15. The highest BCUT2D eigenvalue weighted by Crippen LogP contribution is 2.25. The van der Waals surface area contributed by atoms with Crippen LogP contribution in [0, 0.1) is 11.6 Å². The van der Waals surface area contributed by atoms with Crippen LogP contribution in [0.1, 0.15) is 5.56 Å². The quantitative estimate of drug-likeness (QED) is 0.834. The highest BCUT2D eigenvalue weighted by Gasteiger charge is 2.12. The van der Waals surface area contributed by atoms with E-state index in [0.717, 1.165) is 23.8 Å². The summed E-state index contributed by atoms with van der Waals surface area (Å²) >= 11 is 0. The lowest BCUT2D eigenvalue weighted by molar-refractivity contribution is 0.602. The van der Waals surface area contributed by atoms with Crippen molar-refractivity contribution in [3.63, 3.8) is 0 Å². The van der Waals surface area contributed by atoms with Gasteiger partial charge in [0, 0.05) is 5.56 Å². The largest absolute Gasteiger partial charge is 0.330 e. The Bertz CT molecular complexity index is 494. The molecule has 5 heteroatoms. The Balaban J connectivity index is 2.49. The smallest absolute Gasteiger partial charge is 0.132 e. The molecule has 0 spiro atoms. The molecule has 16 heavy (non-hydrogen) atoms. The Morgan fingerprint density at radius 3 is 2.88 bits per heavy atom. The van der Waals surface area contributed by atoms with Crippen LogP contribution in [-0.2, 0) is 6.42 Å². The van der Waals surface area contributed by atoms with Crippen LogP contribution in [0.3, 0.4) is 0 Å². The molecule has 0 bridgehead atoms. The van der Waals surface area contributed by atoms with Crippen LogP contribution in [0.5, 0.6) is 0 Å². The monoisotopic (exact) mass is 223 g/mol. The van der Waals surface area contributed by atoms with Crippen molar-refractivity contribution in [1.82, 2.24) is 10.2 Å². The molecule has 3 nitrogen and oxygen atoms in total. The first kappa shape index (κ1) is 10.8. The van der Waals surface area contributed by atoms with Gasteiger partial charge in [-0.3, -0.25) is 5.10 Å². The fraction of sp³-hybridized carbons (Fsp3) is 0.182. The zero-order chi connectivity index (χ0) is 11.5. The van der Waals surface area contributed by atoms with E-state index in [1.807, 2.05) is 0 Å². The van der Waals surface area contributed by atoms with Crippen molar-refractivity contribution >= 4 is 0 Å². The Kier molecular flexibility index (Phi) is 2.96. The number of hydrogen-bond donors (Lipinski definition) is 2. The molecule has 0 radical (unpaired) electrons. The number of benzene rings is 1. The van der Waals surface area contributed by atoms with E-state index in [2.05, 4.69) is 10.2 Å². The van der Waals surface area contributed by atoms with E-state index in [4.69, 9.17) is 5.73 Å². The first-order valence-electron chi connectivity index (χ1n) is 4.90. The maximum Gasteiger partial charge on any atom is 0.132 e. The van der Waals surface area contributed by atoms with Gasteiger partial charge in [0.05, 0.1) is 11.9 Å². The second kappa shape index (κ2) is 4.40. The van der Waals surface area contributed by atoms with E-state index < -0.39 is 11.6 Å². The Morgan fingerprint density at radius 2 is 2.12 bits per heavy atom. The van der Waals surface area contributed by atoms with Gasteiger partial charge in [-0.25, -0.2) is 8.78 Å². The van der Waals surface area contributed by atoms with Crippen LogP contribution >= 0.6 is 0 Å². The molecule has 3 N–H and O–H groups in total. The summed E-state index contributed by atoms with van der Waals surface area (Å²) in [4.78, 5) is 0. The summed E-state index contributed by atoms with van der Waals surface area (Å²) in [6, 6.07) is 3.32. The molecular formula is C11H11F2N3. The van der Waals surface area contributed by atoms with Crippen molar-refractivity contribution in [2.24, 2.45) is 5.73 Å². The lowest BCUT2D eigenvalue weighted by Gasteiger charge is -2.03. The lowest BCUT2D eigenvalue weighted by Crippen LogP contribution is -2.03. The Morgan fingerprint density at radius 1 is 1.31 bits per heavy atom. The van der Waals surface area contributed by atoms with Gasteiger partial charge in [0.2, 0.25) is 0 Å². The number of nitrogens with zero attached hydrogens (tertiary/aromatic N) is 1. The number of hydrogen-bond acceptors (Lipinski definition) is 2. The topological polar surface area (TPSA) is 54.7 Å². The SMILES string of the molecule is NCCc1cn[nH]c1-c1cc(F)ccc1F. The van der Waals surface area contributed by atoms with Crippen molar-refractivity contribution in [2.45, 2.75) is 6.42 Å². The Hall–Kier alpha value is -1.75. The third-order valence-electron chi connectivity index (χ3n) is 2.33. The van der Waals surface area contributed by atoms with E-state index in [1.54, 1.807) is 6.20 Å². The molecule has 0 aliphatic heterocycles. The molecule has 0 saturated heterocycles. The van der Waals surface area contributed by atoms with Crippen LogP contribution in [0.2, 0.25) is 0 Å². The zero-order valence-electron chi connectivity index (χ0n) is 8.50. The summed E-state index contributed by atoms with van der Waals surface area (Å²) < 4.78 is 26.5. The third-order valence-corrected chi connectivity index (χ3v) is 2.33. The first-order valence-corrected chi connectivity index (χ1v) is 4.90. The van der Waals surface area contributed by atoms with Gasteiger partial charge in [-0.2, -0.15) is 5.10 Å². The highest BCUT2D eigenvalue weighted by molar-refractivity contribution is 5.63. The van der Waals surface area contributed by atoms with E-state index in [9.17, 15) is 8.78 Å². The average Bonchev–Trinajstić information content (AvgIpc) is 2.70. The number of aromatic amines is 1. The number of nitrogens with two attached hydrogens (primary N) is 1. The van der Waals surface area contributed by atoms with Gasteiger partial charge in [0.1, 0.15) is 11.6 Å². The van der Waals surface area contributed by atoms with Crippen molar-refractivity contribution < 1.29 is 8.78 Å². The maximum atomic E-state index is 13.5. The summed E-state index contributed by atoms with van der Waals surface area (Å²) in [5, 5.41) is 6.48. The molecule has 1 aromatic heterocycles. The van der Waals surface area contributed by atoms with E-state index in [1.165, 1.54) is 0 Å². The van der Waals surface area contributed by atoms with Crippen LogP contribution in [0.4, 0.5) is 8.78 Å². The van der Waals surface area contributed by atoms with E-state index in [0.29, 0.717) is 18.7 Å². The molecule has 0 aliphatic carbocycles. The van der Waals surface area contributed by atoms with Crippen LogP contribution < -0.4 is 5.73 Å². The zero-order valence-corrected chi connectivity index (χ0v) is 8.50. The fourth-order valence-corrected chi connectivity index (χ4v) is 1.58. The van der Waals surface area contributed by atoms with Gasteiger partial charge in [0.15, 0.2) is 0 Å². The van der Waals surface area contributed by atoms with E-state index in [-0.39, 0.29) is 5.56 Å². The molecule has 0 atom stereocenters. The molecule has 1 aromatic carbocycles. The predicted octanol–water partition coefficient (Wildman–Crippen LogP) is 1.86. The van der Waals surface area contributed by atoms with Gasteiger partial charge < -0.3 is 5.73 Å². The lowest BCUT2D eigenvalue weighted by atomic mass is 10.1. The predicted molar refractivity (Wildman–Crippen MR) is 56.7 cm³/mol. The van der Waals surface area contributed by atoms with Crippen molar-refractivity contribution in [2.75, 3.05) is 6.54 Å². The summed E-state index contributed by atoms with van der Waals surface area (Å²) in [5.41, 5.74) is 6.88. The number of rotatable bonds is 3. The molecule has 2 aromatic rings. The minimum atomic E-state index is -0.482. The second-order valence-corrected chi connectivity index (χ2v) is 3.43. The second-order valence-electron chi connectivity index (χ2n) is 3.43. The minimum Gasteiger partial charge on any atom is -0.330 e. The van der Waals surface area contributed by atoms with Crippen molar-refractivity contribution in [3.8, 4) is 11.3 Å². The van der Waals surface area contributed by atoms with Crippen molar-refractivity contribution in [1.29, 1.82) is 0 Å². The van der Waals surface area contributed by atoms with E-state index >= 15 is 0 Å². The van der Waals surface area contributed by atoms with Crippen LogP contribution in [0.15, 0.2) is 24.4 Å². The third kappa shape index (κ3) is 1.94. The standard InChI is InChI=1S/C11H11F2N3/c12-8-1-2-10(13)9(5-8)11-7(3-4-14)6-15-16-11/h1-2,5-6H,3-4,14H2,(H,15,16). The number of H-pyrrole nitrogens is 1. The normalized spacial score (nSPS) is 10.7.